The van der Waals surface area contributed by atoms with Gasteiger partial charge in [-0.25, -0.2) is 9.59 Å². The highest BCUT2D eigenvalue weighted by Crippen LogP contribution is 2.29. The van der Waals surface area contributed by atoms with Gasteiger partial charge in [0.05, 0.1) is 25.5 Å². The molecule has 0 bridgehead atoms. The number of carbonyl (C=O) groups excluding carboxylic acids is 2. The van der Waals surface area contributed by atoms with E-state index in [0.29, 0.717) is 19.0 Å². The minimum atomic E-state index is -4.05. The van der Waals surface area contributed by atoms with Crippen LogP contribution in [0.2, 0.25) is 0 Å². The fourth-order valence-corrected chi connectivity index (χ4v) is 2.75. The van der Waals surface area contributed by atoms with E-state index < -0.39 is 27.6 Å². The molecule has 1 rings (SSSR count). The van der Waals surface area contributed by atoms with Crippen LogP contribution >= 0.6 is 0 Å². The highest BCUT2D eigenvalue weighted by atomic mass is 32.2. The number of rotatable bonds is 7. The van der Waals surface area contributed by atoms with Crippen LogP contribution in [0.3, 0.4) is 0 Å². The third-order valence-corrected chi connectivity index (χ3v) is 4.36. The van der Waals surface area contributed by atoms with E-state index in [1.54, 1.807) is 4.90 Å². The lowest BCUT2D eigenvalue weighted by molar-refractivity contribution is -0.144. The molecule has 10 heteroatoms. The SMILES string of the molecule is COC(=O)C(=CC=C1OCC(C)(C)N1CCCS(=O)(=O)O)C(=O)OC. The van der Waals surface area contributed by atoms with Gasteiger partial charge in [-0.05, 0) is 32.4 Å². The molecule has 1 fully saturated rings. The van der Waals surface area contributed by atoms with E-state index in [4.69, 9.17) is 9.29 Å². The molecule has 0 spiro atoms. The van der Waals surface area contributed by atoms with Gasteiger partial charge in [-0.15, -0.1) is 0 Å². The van der Waals surface area contributed by atoms with Gasteiger partial charge in [-0.2, -0.15) is 8.42 Å². The molecule has 1 aliphatic heterocycles. The maximum Gasteiger partial charge on any atom is 0.345 e. The van der Waals surface area contributed by atoms with Crippen molar-refractivity contribution in [3.63, 3.8) is 0 Å². The highest BCUT2D eigenvalue weighted by Gasteiger charge is 2.36. The first-order valence-corrected chi connectivity index (χ1v) is 9.07. The molecular weight excluding hydrogens is 354 g/mol. The lowest BCUT2D eigenvalue weighted by atomic mass is 10.1. The summed E-state index contributed by atoms with van der Waals surface area (Å²) in [4.78, 5) is 25.1. The van der Waals surface area contributed by atoms with Crippen molar-refractivity contribution in [2.45, 2.75) is 25.8 Å². The molecule has 0 saturated carbocycles. The Labute approximate surface area is 147 Å². The predicted octanol–water partition coefficient (Wildman–Crippen LogP) is 0.489. The van der Waals surface area contributed by atoms with Gasteiger partial charge in [0.15, 0.2) is 5.88 Å². The first kappa shape index (κ1) is 21.0. The summed E-state index contributed by atoms with van der Waals surface area (Å²) in [6.07, 6.45) is 2.84. The quantitative estimate of drug-likeness (QED) is 0.222. The third kappa shape index (κ3) is 6.05. The van der Waals surface area contributed by atoms with Gasteiger partial charge in [0.1, 0.15) is 12.2 Å². The van der Waals surface area contributed by atoms with Crippen LogP contribution in [-0.4, -0.2) is 68.5 Å². The van der Waals surface area contributed by atoms with Gasteiger partial charge in [-0.1, -0.05) is 0 Å². The maximum absolute atomic E-state index is 11.6. The van der Waals surface area contributed by atoms with E-state index in [1.807, 2.05) is 13.8 Å². The van der Waals surface area contributed by atoms with E-state index in [-0.39, 0.29) is 17.7 Å². The Hall–Kier alpha value is -2.07. The normalized spacial score (nSPS) is 17.8. The van der Waals surface area contributed by atoms with E-state index in [0.717, 1.165) is 14.2 Å². The fourth-order valence-electron chi connectivity index (χ4n) is 2.25. The van der Waals surface area contributed by atoms with Crippen molar-refractivity contribution in [3.05, 3.63) is 23.6 Å². The molecule has 0 aliphatic carbocycles. The number of nitrogens with zero attached hydrogens (tertiary/aromatic N) is 1. The molecule has 0 amide bonds. The predicted molar refractivity (Wildman–Crippen MR) is 88.0 cm³/mol. The van der Waals surface area contributed by atoms with E-state index >= 15 is 0 Å². The van der Waals surface area contributed by atoms with Gasteiger partial charge in [0, 0.05) is 6.54 Å². The minimum Gasteiger partial charge on any atom is -0.477 e. The van der Waals surface area contributed by atoms with Crippen LogP contribution in [0.1, 0.15) is 20.3 Å². The summed E-state index contributed by atoms with van der Waals surface area (Å²) in [6, 6.07) is 0. The first-order chi connectivity index (χ1) is 11.5. The average Bonchev–Trinajstić information content (AvgIpc) is 2.80. The zero-order valence-corrected chi connectivity index (χ0v) is 15.5. The summed E-state index contributed by atoms with van der Waals surface area (Å²) in [5, 5.41) is 0. The Morgan fingerprint density at radius 1 is 1.28 bits per heavy atom. The summed E-state index contributed by atoms with van der Waals surface area (Å²) in [5.41, 5.74) is -0.723. The molecule has 142 valence electrons. The Bertz CT molecular complexity index is 660. The monoisotopic (exact) mass is 377 g/mol. The smallest absolute Gasteiger partial charge is 0.345 e. The summed E-state index contributed by atoms with van der Waals surface area (Å²) in [5.74, 6) is -1.71. The molecule has 0 radical (unpaired) electrons. The van der Waals surface area contributed by atoms with Crippen LogP contribution in [0.4, 0.5) is 0 Å². The number of allylic oxidation sites excluding steroid dienone is 2. The molecule has 0 atom stereocenters. The van der Waals surface area contributed by atoms with Crippen molar-refractivity contribution >= 4 is 22.1 Å². The molecule has 0 aromatic heterocycles. The molecule has 1 saturated heterocycles. The fraction of sp³-hybridized carbons (Fsp3) is 0.600. The Balaban J connectivity index is 3.02. The summed E-state index contributed by atoms with van der Waals surface area (Å²) < 4.78 is 45.2. The topological polar surface area (TPSA) is 119 Å². The van der Waals surface area contributed by atoms with E-state index in [2.05, 4.69) is 9.47 Å². The summed E-state index contributed by atoms with van der Waals surface area (Å²) in [7, 11) is -1.76. The molecule has 0 aromatic rings. The van der Waals surface area contributed by atoms with Gasteiger partial charge >= 0.3 is 11.9 Å². The third-order valence-electron chi connectivity index (χ3n) is 3.56. The molecule has 1 N–H and O–H groups in total. The van der Waals surface area contributed by atoms with Crippen LogP contribution in [0.15, 0.2) is 23.6 Å². The van der Waals surface area contributed by atoms with E-state index in [9.17, 15) is 18.0 Å². The van der Waals surface area contributed by atoms with Crippen molar-refractivity contribution < 1.29 is 36.8 Å². The number of carbonyl (C=O) groups is 2. The standard InChI is InChI=1S/C15H23NO8S/c1-15(2)10-24-12(16(15)8-5-9-25(19,20)21)7-6-11(13(17)22-3)14(18)23-4/h6-7H,5,8-10H2,1-4H3,(H,19,20,21). The number of methoxy groups -OCH3 is 2. The highest BCUT2D eigenvalue weighted by molar-refractivity contribution is 7.85. The molecule has 9 nitrogen and oxygen atoms in total. The molecule has 1 heterocycles. The second kappa shape index (κ2) is 8.34. The zero-order valence-electron chi connectivity index (χ0n) is 14.6. The average molecular weight is 377 g/mol. The summed E-state index contributed by atoms with van der Waals surface area (Å²) >= 11 is 0. The van der Waals surface area contributed by atoms with Crippen LogP contribution in [-0.2, 0) is 33.9 Å². The first-order valence-electron chi connectivity index (χ1n) is 7.46. The maximum atomic E-state index is 11.6. The minimum absolute atomic E-state index is 0.188. The number of hydrogen-bond donors (Lipinski definition) is 1. The molecule has 0 aromatic carbocycles. The van der Waals surface area contributed by atoms with Crippen LogP contribution in [0.25, 0.3) is 0 Å². The number of ether oxygens (including phenoxy) is 3. The van der Waals surface area contributed by atoms with Crippen molar-refractivity contribution in [3.8, 4) is 0 Å². The van der Waals surface area contributed by atoms with Crippen molar-refractivity contribution in [2.24, 2.45) is 0 Å². The van der Waals surface area contributed by atoms with Gasteiger partial charge < -0.3 is 19.1 Å². The van der Waals surface area contributed by atoms with Crippen molar-refractivity contribution in [1.29, 1.82) is 0 Å². The van der Waals surface area contributed by atoms with Crippen molar-refractivity contribution in [2.75, 3.05) is 33.1 Å². The molecule has 25 heavy (non-hydrogen) atoms. The van der Waals surface area contributed by atoms with E-state index in [1.165, 1.54) is 12.2 Å². The molecule has 1 aliphatic rings. The molecule has 0 unspecified atom stereocenters. The Morgan fingerprint density at radius 3 is 2.32 bits per heavy atom. The second-order valence-electron chi connectivity index (χ2n) is 5.96. The summed E-state index contributed by atoms with van der Waals surface area (Å²) in [6.45, 7) is 4.43. The Kier molecular flexibility index (Phi) is 7.00. The van der Waals surface area contributed by atoms with Gasteiger partial charge in [0.2, 0.25) is 0 Å². The van der Waals surface area contributed by atoms with Gasteiger partial charge in [0.25, 0.3) is 10.1 Å². The van der Waals surface area contributed by atoms with Crippen molar-refractivity contribution in [1.82, 2.24) is 4.90 Å². The second-order valence-corrected chi connectivity index (χ2v) is 7.53. The van der Waals surface area contributed by atoms with Crippen LogP contribution < -0.4 is 0 Å². The molecular formula is C15H23NO8S. The Morgan fingerprint density at radius 2 is 1.84 bits per heavy atom. The van der Waals surface area contributed by atoms with Crippen LogP contribution in [0.5, 0.6) is 0 Å². The number of esters is 2. The zero-order chi connectivity index (χ0) is 19.3. The van der Waals surface area contributed by atoms with Gasteiger partial charge in [-0.3, -0.25) is 4.55 Å². The lowest BCUT2D eigenvalue weighted by Gasteiger charge is -2.30. The van der Waals surface area contributed by atoms with Crippen LogP contribution in [0, 0.1) is 0 Å². The lowest BCUT2D eigenvalue weighted by Crippen LogP contribution is -2.40. The number of hydrogen-bond acceptors (Lipinski definition) is 8. The largest absolute Gasteiger partial charge is 0.477 e.